The van der Waals surface area contributed by atoms with Crippen LogP contribution in [0.25, 0.3) is 33.4 Å². The number of aryl methyl sites for hydroxylation is 3. The minimum absolute atomic E-state index is 0.116. The van der Waals surface area contributed by atoms with Crippen LogP contribution in [0.4, 0.5) is 11.6 Å². The van der Waals surface area contributed by atoms with Gasteiger partial charge in [-0.25, -0.2) is 9.97 Å². The highest BCUT2D eigenvalue weighted by molar-refractivity contribution is 5.91. The molecule has 0 bridgehead atoms. The van der Waals surface area contributed by atoms with Gasteiger partial charge in [0.05, 0.1) is 6.54 Å². The predicted octanol–water partition coefficient (Wildman–Crippen LogP) is 3.23. The Morgan fingerprint density at radius 1 is 1.09 bits per heavy atom. The van der Waals surface area contributed by atoms with E-state index in [9.17, 15) is 4.79 Å². The highest BCUT2D eigenvalue weighted by atomic mass is 16.1. The molecule has 0 unspecified atom stereocenters. The summed E-state index contributed by atoms with van der Waals surface area (Å²) in [5, 5.41) is 9.32. The standard InChI is InChI=1S/C24H24N8O/c1-14-11-16(12-15-6-8-26-24(33)19(14)15)20-21(18-7-10-32(3)30-18)28-22(25)23(29-20)27-13-17-5-4-9-31(17)2/h4-12H,13H2,1-3H3,(H2,25,28)(H,26,33)(H,27,29). The number of hydrogen-bond donors (Lipinski definition) is 3. The summed E-state index contributed by atoms with van der Waals surface area (Å²) in [6, 6.07) is 11.7. The SMILES string of the molecule is Cc1cc(-c2nc(NCc3cccn3C)c(N)nc2-c2ccn(C)n2)cc2cc[nH]c(=O)c12. The van der Waals surface area contributed by atoms with Crippen LogP contribution in [0.2, 0.25) is 0 Å². The molecular weight excluding hydrogens is 416 g/mol. The second kappa shape index (κ2) is 7.94. The molecule has 0 saturated heterocycles. The van der Waals surface area contributed by atoms with Gasteiger partial charge < -0.3 is 20.6 Å². The Hall–Kier alpha value is -4.40. The molecule has 166 valence electrons. The number of H-pyrrole nitrogens is 1. The maximum absolute atomic E-state index is 12.3. The molecule has 0 spiro atoms. The topological polar surface area (TPSA) is 119 Å². The third-order valence-corrected chi connectivity index (χ3v) is 5.71. The van der Waals surface area contributed by atoms with Crippen molar-refractivity contribution in [2.24, 2.45) is 14.1 Å². The molecule has 0 fully saturated rings. The molecule has 33 heavy (non-hydrogen) atoms. The van der Waals surface area contributed by atoms with E-state index in [0.717, 1.165) is 22.2 Å². The Morgan fingerprint density at radius 2 is 1.94 bits per heavy atom. The Bertz CT molecular complexity index is 1540. The first-order valence-electron chi connectivity index (χ1n) is 10.5. The van der Waals surface area contributed by atoms with Gasteiger partial charge in [-0.15, -0.1) is 0 Å². The van der Waals surface area contributed by atoms with Crippen LogP contribution in [0.15, 0.2) is 59.8 Å². The van der Waals surface area contributed by atoms with Gasteiger partial charge in [0, 0.05) is 49.3 Å². The van der Waals surface area contributed by atoms with Crippen LogP contribution in [0.3, 0.4) is 0 Å². The summed E-state index contributed by atoms with van der Waals surface area (Å²) >= 11 is 0. The van der Waals surface area contributed by atoms with E-state index in [2.05, 4.69) is 20.4 Å². The number of anilines is 2. The Balaban J connectivity index is 1.67. The summed E-state index contributed by atoms with van der Waals surface area (Å²) in [5.74, 6) is 0.789. The lowest BCUT2D eigenvalue weighted by Crippen LogP contribution is -2.11. The van der Waals surface area contributed by atoms with Gasteiger partial charge >= 0.3 is 0 Å². The lowest BCUT2D eigenvalue weighted by Gasteiger charge is -2.14. The van der Waals surface area contributed by atoms with Crippen LogP contribution >= 0.6 is 0 Å². The summed E-state index contributed by atoms with van der Waals surface area (Å²) in [6.45, 7) is 2.47. The number of rotatable bonds is 5. The average molecular weight is 441 g/mol. The van der Waals surface area contributed by atoms with Gasteiger partial charge in [0.15, 0.2) is 11.6 Å². The van der Waals surface area contributed by atoms with E-state index < -0.39 is 0 Å². The van der Waals surface area contributed by atoms with Crippen LogP contribution in [0.5, 0.6) is 0 Å². The van der Waals surface area contributed by atoms with Gasteiger partial charge in [0.1, 0.15) is 17.1 Å². The van der Waals surface area contributed by atoms with Gasteiger partial charge in [0.25, 0.3) is 5.56 Å². The summed E-state index contributed by atoms with van der Waals surface area (Å²) in [5.41, 5.74) is 10.9. The first kappa shape index (κ1) is 20.5. The van der Waals surface area contributed by atoms with Crippen molar-refractivity contribution < 1.29 is 0 Å². The number of nitrogens with two attached hydrogens (primary N) is 1. The molecule has 0 saturated carbocycles. The molecule has 5 rings (SSSR count). The Morgan fingerprint density at radius 3 is 2.67 bits per heavy atom. The lowest BCUT2D eigenvalue weighted by atomic mass is 10.00. The van der Waals surface area contributed by atoms with Gasteiger partial charge in [-0.1, -0.05) is 0 Å². The molecule has 9 nitrogen and oxygen atoms in total. The second-order valence-corrected chi connectivity index (χ2v) is 8.06. The van der Waals surface area contributed by atoms with E-state index in [1.165, 1.54) is 0 Å². The molecule has 4 N–H and O–H groups in total. The molecular formula is C24H24N8O. The van der Waals surface area contributed by atoms with Gasteiger partial charge in [-0.2, -0.15) is 5.10 Å². The third-order valence-electron chi connectivity index (χ3n) is 5.71. The van der Waals surface area contributed by atoms with Crippen LogP contribution in [-0.4, -0.2) is 29.3 Å². The fourth-order valence-corrected chi connectivity index (χ4v) is 4.03. The maximum atomic E-state index is 12.3. The van der Waals surface area contributed by atoms with E-state index in [1.807, 2.05) is 74.4 Å². The van der Waals surface area contributed by atoms with E-state index in [4.69, 9.17) is 10.7 Å². The molecule has 0 radical (unpaired) electrons. The smallest absolute Gasteiger partial charge is 0.256 e. The van der Waals surface area contributed by atoms with Crippen molar-refractivity contribution >= 4 is 22.4 Å². The number of hydrogen-bond acceptors (Lipinski definition) is 6. The minimum atomic E-state index is -0.116. The van der Waals surface area contributed by atoms with E-state index in [1.54, 1.807) is 10.9 Å². The largest absolute Gasteiger partial charge is 0.381 e. The van der Waals surface area contributed by atoms with Crippen molar-refractivity contribution in [1.82, 2.24) is 29.3 Å². The van der Waals surface area contributed by atoms with Crippen molar-refractivity contribution in [3.8, 4) is 22.6 Å². The van der Waals surface area contributed by atoms with Gasteiger partial charge in [0.2, 0.25) is 0 Å². The lowest BCUT2D eigenvalue weighted by molar-refractivity contribution is 0.770. The molecule has 0 aliphatic rings. The van der Waals surface area contributed by atoms with Crippen molar-refractivity contribution in [2.75, 3.05) is 11.1 Å². The van der Waals surface area contributed by atoms with Crippen LogP contribution in [0, 0.1) is 6.92 Å². The number of nitrogen functional groups attached to an aromatic ring is 1. The average Bonchev–Trinajstić information content (AvgIpc) is 3.40. The fourth-order valence-electron chi connectivity index (χ4n) is 4.03. The number of benzene rings is 1. The first-order valence-corrected chi connectivity index (χ1v) is 10.5. The van der Waals surface area contributed by atoms with Crippen molar-refractivity contribution in [2.45, 2.75) is 13.5 Å². The first-order chi connectivity index (χ1) is 15.9. The van der Waals surface area contributed by atoms with Crippen LogP contribution in [0.1, 0.15) is 11.3 Å². The summed E-state index contributed by atoms with van der Waals surface area (Å²) in [4.78, 5) is 24.6. The fraction of sp³-hybridized carbons (Fsp3) is 0.167. The molecule has 4 aromatic heterocycles. The Labute approximate surface area is 189 Å². The zero-order valence-electron chi connectivity index (χ0n) is 18.6. The minimum Gasteiger partial charge on any atom is -0.381 e. The number of nitrogens with one attached hydrogen (secondary N) is 2. The molecule has 1 aromatic carbocycles. The third kappa shape index (κ3) is 3.73. The quantitative estimate of drug-likeness (QED) is 0.386. The molecule has 9 heteroatoms. The highest BCUT2D eigenvalue weighted by Crippen LogP contribution is 2.33. The summed E-state index contributed by atoms with van der Waals surface area (Å²) in [6.07, 6.45) is 5.49. The van der Waals surface area contributed by atoms with E-state index >= 15 is 0 Å². The zero-order valence-corrected chi connectivity index (χ0v) is 18.6. The molecule has 0 atom stereocenters. The number of aromatic nitrogens is 6. The number of pyridine rings is 1. The zero-order chi connectivity index (χ0) is 23.1. The molecule has 0 aliphatic heterocycles. The summed E-state index contributed by atoms with van der Waals surface area (Å²) < 4.78 is 3.74. The van der Waals surface area contributed by atoms with Crippen molar-refractivity contribution in [3.63, 3.8) is 0 Å². The Kier molecular flexibility index (Phi) is 4.93. The van der Waals surface area contributed by atoms with Crippen molar-refractivity contribution in [3.05, 3.63) is 76.6 Å². The number of fused-ring (bicyclic) bond motifs is 1. The molecule has 0 amide bonds. The van der Waals surface area contributed by atoms with Crippen molar-refractivity contribution in [1.29, 1.82) is 0 Å². The van der Waals surface area contributed by atoms with Crippen LogP contribution in [-0.2, 0) is 20.6 Å². The highest BCUT2D eigenvalue weighted by Gasteiger charge is 2.19. The monoisotopic (exact) mass is 440 g/mol. The van der Waals surface area contributed by atoms with Gasteiger partial charge in [-0.3, -0.25) is 9.48 Å². The normalized spacial score (nSPS) is 11.2. The van der Waals surface area contributed by atoms with E-state index in [-0.39, 0.29) is 5.56 Å². The van der Waals surface area contributed by atoms with Gasteiger partial charge in [-0.05, 0) is 54.3 Å². The van der Waals surface area contributed by atoms with Crippen LogP contribution < -0.4 is 16.6 Å². The van der Waals surface area contributed by atoms with E-state index in [0.29, 0.717) is 40.6 Å². The second-order valence-electron chi connectivity index (χ2n) is 8.06. The summed E-state index contributed by atoms with van der Waals surface area (Å²) in [7, 11) is 3.84. The molecule has 4 heterocycles. The molecule has 0 aliphatic carbocycles. The predicted molar refractivity (Wildman–Crippen MR) is 130 cm³/mol. The number of aromatic amines is 1. The maximum Gasteiger partial charge on any atom is 0.256 e. The number of nitrogens with zero attached hydrogens (tertiary/aromatic N) is 5. The molecule has 5 aromatic rings.